The summed E-state index contributed by atoms with van der Waals surface area (Å²) in [5, 5.41) is 6.56. The Morgan fingerprint density at radius 3 is 2.89 bits per heavy atom. The number of nitrogens with zero attached hydrogens (tertiary/aromatic N) is 2. The van der Waals surface area contributed by atoms with Crippen LogP contribution in [0.4, 0.5) is 5.82 Å². The zero-order valence-electron chi connectivity index (χ0n) is 10.1. The number of sulfone groups is 1. The average molecular weight is 272 g/mol. The van der Waals surface area contributed by atoms with E-state index in [0.717, 1.165) is 0 Å². The predicted molar refractivity (Wildman–Crippen MR) is 66.8 cm³/mol. The highest BCUT2D eigenvalue weighted by Gasteiger charge is 2.27. The Labute approximate surface area is 105 Å². The van der Waals surface area contributed by atoms with Crippen LogP contribution in [0.15, 0.2) is 6.20 Å². The number of hydrogen-bond acceptors (Lipinski definition) is 5. The summed E-state index contributed by atoms with van der Waals surface area (Å²) in [6.07, 6.45) is 2.63. The highest BCUT2D eigenvalue weighted by molar-refractivity contribution is 7.91. The minimum absolute atomic E-state index is 0.00108. The molecular weight excluding hydrogens is 256 g/mol. The van der Waals surface area contributed by atoms with Crippen LogP contribution in [0.2, 0.25) is 0 Å². The maximum absolute atomic E-state index is 11.9. The molecule has 1 amide bonds. The first kappa shape index (κ1) is 12.9. The molecule has 3 N–H and O–H groups in total. The highest BCUT2D eigenvalue weighted by atomic mass is 32.2. The Morgan fingerprint density at radius 2 is 2.33 bits per heavy atom. The molecule has 1 aliphatic rings. The van der Waals surface area contributed by atoms with E-state index in [0.29, 0.717) is 12.8 Å². The summed E-state index contributed by atoms with van der Waals surface area (Å²) < 4.78 is 24.3. The van der Waals surface area contributed by atoms with Gasteiger partial charge in [-0.05, 0) is 12.8 Å². The zero-order valence-corrected chi connectivity index (χ0v) is 10.9. The Morgan fingerprint density at radius 1 is 1.61 bits per heavy atom. The van der Waals surface area contributed by atoms with Gasteiger partial charge in [-0.2, -0.15) is 5.10 Å². The fourth-order valence-corrected chi connectivity index (χ4v) is 3.66. The number of aryl methyl sites for hydroxylation is 1. The first-order valence-corrected chi connectivity index (χ1v) is 7.50. The summed E-state index contributed by atoms with van der Waals surface area (Å²) in [5.74, 6) is 0.0988. The van der Waals surface area contributed by atoms with Gasteiger partial charge in [0.1, 0.15) is 11.4 Å². The molecule has 1 saturated heterocycles. The van der Waals surface area contributed by atoms with Gasteiger partial charge in [-0.25, -0.2) is 8.42 Å². The van der Waals surface area contributed by atoms with Crippen LogP contribution in [-0.4, -0.2) is 41.7 Å². The van der Waals surface area contributed by atoms with Crippen LogP contribution >= 0.6 is 0 Å². The van der Waals surface area contributed by atoms with Crippen molar-refractivity contribution < 1.29 is 13.2 Å². The molecular formula is C10H16N4O3S. The molecule has 0 aromatic carbocycles. The maximum atomic E-state index is 11.9. The standard InChI is InChI=1S/C10H16N4O3S/c1-14-9(11)8(5-12-14)10(15)13-7-3-2-4-18(16,17)6-7/h5,7H,2-4,6,11H2,1H3,(H,13,15). The minimum atomic E-state index is -3.03. The van der Waals surface area contributed by atoms with E-state index in [9.17, 15) is 13.2 Å². The van der Waals surface area contributed by atoms with Crippen molar-refractivity contribution in [1.29, 1.82) is 0 Å². The van der Waals surface area contributed by atoms with Gasteiger partial charge < -0.3 is 11.1 Å². The predicted octanol–water partition coefficient (Wildman–Crippen LogP) is -0.691. The third kappa shape index (κ3) is 2.63. The second kappa shape index (κ2) is 4.60. The van der Waals surface area contributed by atoms with Crippen LogP contribution in [0, 0.1) is 0 Å². The lowest BCUT2D eigenvalue weighted by Gasteiger charge is -2.22. The quantitative estimate of drug-likeness (QED) is 0.741. The SMILES string of the molecule is Cn1ncc(C(=O)NC2CCCS(=O)(=O)C2)c1N. The van der Waals surface area contributed by atoms with E-state index in [2.05, 4.69) is 10.4 Å². The van der Waals surface area contributed by atoms with Gasteiger partial charge in [0.2, 0.25) is 0 Å². The lowest BCUT2D eigenvalue weighted by molar-refractivity contribution is 0.0939. The number of carbonyl (C=O) groups is 1. The maximum Gasteiger partial charge on any atom is 0.256 e. The van der Waals surface area contributed by atoms with Crippen LogP contribution in [0.1, 0.15) is 23.2 Å². The van der Waals surface area contributed by atoms with Crippen molar-refractivity contribution in [2.75, 3.05) is 17.2 Å². The van der Waals surface area contributed by atoms with Crippen LogP contribution in [0.5, 0.6) is 0 Å². The van der Waals surface area contributed by atoms with E-state index >= 15 is 0 Å². The molecule has 18 heavy (non-hydrogen) atoms. The molecule has 1 aliphatic heterocycles. The molecule has 7 nitrogen and oxygen atoms in total. The van der Waals surface area contributed by atoms with Crippen LogP contribution in [-0.2, 0) is 16.9 Å². The molecule has 1 atom stereocenters. The number of rotatable bonds is 2. The van der Waals surface area contributed by atoms with Crippen LogP contribution < -0.4 is 11.1 Å². The van der Waals surface area contributed by atoms with Gasteiger partial charge in [0.15, 0.2) is 9.84 Å². The molecule has 2 rings (SSSR count). The monoisotopic (exact) mass is 272 g/mol. The number of hydrogen-bond donors (Lipinski definition) is 2. The van der Waals surface area contributed by atoms with Crippen molar-refractivity contribution >= 4 is 21.6 Å². The second-order valence-corrected chi connectivity index (χ2v) is 6.72. The number of carbonyl (C=O) groups excluding carboxylic acids is 1. The van der Waals surface area contributed by atoms with E-state index in [-0.39, 0.29) is 34.8 Å². The Kier molecular flexibility index (Phi) is 3.29. The third-order valence-electron chi connectivity index (χ3n) is 3.03. The van der Waals surface area contributed by atoms with Crippen LogP contribution in [0.3, 0.4) is 0 Å². The molecule has 8 heteroatoms. The number of nitrogens with two attached hydrogens (primary N) is 1. The average Bonchev–Trinajstić information content (AvgIpc) is 2.58. The molecule has 0 saturated carbocycles. The summed E-state index contributed by atoms with van der Waals surface area (Å²) in [5.41, 5.74) is 5.96. The van der Waals surface area contributed by atoms with E-state index in [4.69, 9.17) is 5.73 Å². The normalized spacial score (nSPS) is 22.6. The first-order valence-electron chi connectivity index (χ1n) is 5.68. The smallest absolute Gasteiger partial charge is 0.256 e. The van der Waals surface area contributed by atoms with Crippen molar-refractivity contribution in [1.82, 2.24) is 15.1 Å². The molecule has 1 aromatic rings. The molecule has 1 unspecified atom stereocenters. The van der Waals surface area contributed by atoms with Gasteiger partial charge >= 0.3 is 0 Å². The van der Waals surface area contributed by atoms with Crippen molar-refractivity contribution in [2.24, 2.45) is 7.05 Å². The van der Waals surface area contributed by atoms with Crippen molar-refractivity contribution in [3.8, 4) is 0 Å². The lowest BCUT2D eigenvalue weighted by atomic mass is 10.1. The van der Waals surface area contributed by atoms with E-state index < -0.39 is 9.84 Å². The summed E-state index contributed by atoms with van der Waals surface area (Å²) >= 11 is 0. The van der Waals surface area contributed by atoms with Crippen molar-refractivity contribution in [3.05, 3.63) is 11.8 Å². The summed E-state index contributed by atoms with van der Waals surface area (Å²) in [6, 6.07) is -0.337. The fourth-order valence-electron chi connectivity index (χ4n) is 2.02. The molecule has 100 valence electrons. The third-order valence-corrected chi connectivity index (χ3v) is 4.85. The lowest BCUT2D eigenvalue weighted by Crippen LogP contribution is -2.43. The van der Waals surface area contributed by atoms with Gasteiger partial charge in [0, 0.05) is 13.1 Å². The summed E-state index contributed by atoms with van der Waals surface area (Å²) in [6.45, 7) is 0. The molecule has 0 radical (unpaired) electrons. The number of aromatic nitrogens is 2. The topological polar surface area (TPSA) is 107 Å². The van der Waals surface area contributed by atoms with Crippen molar-refractivity contribution in [3.63, 3.8) is 0 Å². The van der Waals surface area contributed by atoms with E-state index in [1.807, 2.05) is 0 Å². The largest absolute Gasteiger partial charge is 0.383 e. The van der Waals surface area contributed by atoms with Gasteiger partial charge in [-0.3, -0.25) is 9.48 Å². The molecule has 1 aromatic heterocycles. The molecule has 2 heterocycles. The fraction of sp³-hybridized carbons (Fsp3) is 0.600. The Bertz CT molecular complexity index is 564. The van der Waals surface area contributed by atoms with Crippen molar-refractivity contribution in [2.45, 2.75) is 18.9 Å². The number of anilines is 1. The van der Waals surface area contributed by atoms with Gasteiger partial charge in [-0.15, -0.1) is 0 Å². The Balaban J connectivity index is 2.06. The summed E-state index contributed by atoms with van der Waals surface area (Å²) in [4.78, 5) is 11.9. The molecule has 0 spiro atoms. The van der Waals surface area contributed by atoms with Gasteiger partial charge in [0.25, 0.3) is 5.91 Å². The van der Waals surface area contributed by atoms with E-state index in [1.54, 1.807) is 7.05 Å². The van der Waals surface area contributed by atoms with E-state index in [1.165, 1.54) is 10.9 Å². The van der Waals surface area contributed by atoms with Gasteiger partial charge in [-0.1, -0.05) is 0 Å². The molecule has 1 fully saturated rings. The summed E-state index contributed by atoms with van der Waals surface area (Å²) in [7, 11) is -1.40. The molecule has 0 aliphatic carbocycles. The van der Waals surface area contributed by atoms with Gasteiger partial charge in [0.05, 0.1) is 17.7 Å². The second-order valence-electron chi connectivity index (χ2n) is 4.49. The Hall–Kier alpha value is -1.57. The first-order chi connectivity index (χ1) is 8.39. The number of amides is 1. The molecule has 0 bridgehead atoms. The number of nitrogen functional groups attached to an aromatic ring is 1. The highest BCUT2D eigenvalue weighted by Crippen LogP contribution is 2.14. The van der Waals surface area contributed by atoms with Crippen LogP contribution in [0.25, 0.3) is 0 Å². The minimum Gasteiger partial charge on any atom is -0.383 e. The zero-order chi connectivity index (χ0) is 13.3. The number of nitrogens with one attached hydrogen (secondary N) is 1.